The topological polar surface area (TPSA) is 49.5 Å². The van der Waals surface area contributed by atoms with Crippen LogP contribution in [-0.4, -0.2) is 42.3 Å². The molecule has 1 aliphatic heterocycles. The summed E-state index contributed by atoms with van der Waals surface area (Å²) in [7, 11) is 0. The van der Waals surface area contributed by atoms with Crippen LogP contribution in [0.25, 0.3) is 0 Å². The van der Waals surface area contributed by atoms with Gasteiger partial charge in [0, 0.05) is 25.7 Å². The molecule has 1 saturated heterocycles. The van der Waals surface area contributed by atoms with Crippen LogP contribution >= 0.6 is 0 Å². The Morgan fingerprint density at radius 2 is 2.45 bits per heavy atom. The molecule has 3 nitrogen and oxygen atoms in total. The largest absolute Gasteiger partial charge is 0.396 e. The van der Waals surface area contributed by atoms with E-state index in [0.717, 1.165) is 26.1 Å². The maximum absolute atomic E-state index is 8.80. The van der Waals surface area contributed by atoms with E-state index in [2.05, 4.69) is 11.8 Å². The van der Waals surface area contributed by atoms with E-state index in [1.54, 1.807) is 0 Å². The minimum atomic E-state index is 0.283. The Labute approximate surface area is 68.2 Å². The summed E-state index contributed by atoms with van der Waals surface area (Å²) in [5.41, 5.74) is 5.74. The van der Waals surface area contributed by atoms with Crippen molar-refractivity contribution in [1.82, 2.24) is 4.90 Å². The number of aliphatic hydroxyl groups is 1. The Balaban J connectivity index is 2.17. The third-order valence-electron chi connectivity index (χ3n) is 2.19. The van der Waals surface area contributed by atoms with Crippen LogP contribution in [0.1, 0.15) is 13.3 Å². The van der Waals surface area contributed by atoms with Crippen molar-refractivity contribution >= 4 is 0 Å². The second-order valence-electron chi connectivity index (χ2n) is 3.60. The fourth-order valence-electron chi connectivity index (χ4n) is 1.53. The number of aliphatic hydroxyl groups excluding tert-OH is 1. The lowest BCUT2D eigenvalue weighted by Gasteiger charge is -2.18. The SMILES string of the molecule is CC(CO)CN1CC[C@@H](N)C1. The summed E-state index contributed by atoms with van der Waals surface area (Å²) in [5, 5.41) is 8.80. The smallest absolute Gasteiger partial charge is 0.0468 e. The van der Waals surface area contributed by atoms with Gasteiger partial charge in [0.2, 0.25) is 0 Å². The van der Waals surface area contributed by atoms with E-state index >= 15 is 0 Å². The summed E-state index contributed by atoms with van der Waals surface area (Å²) in [6, 6.07) is 0.362. The first kappa shape index (κ1) is 8.97. The number of likely N-dealkylation sites (tertiary alicyclic amines) is 1. The van der Waals surface area contributed by atoms with Crippen LogP contribution < -0.4 is 5.73 Å². The van der Waals surface area contributed by atoms with Gasteiger partial charge in [0.15, 0.2) is 0 Å². The van der Waals surface area contributed by atoms with Gasteiger partial charge in [-0.1, -0.05) is 6.92 Å². The molecule has 0 amide bonds. The Hall–Kier alpha value is -0.120. The molecular formula is C8H18N2O. The predicted octanol–water partition coefficient (Wildman–Crippen LogP) is -0.352. The van der Waals surface area contributed by atoms with Crippen molar-refractivity contribution in [2.45, 2.75) is 19.4 Å². The molecule has 0 aliphatic carbocycles. The molecule has 0 saturated carbocycles. The molecule has 0 aromatic carbocycles. The van der Waals surface area contributed by atoms with Crippen molar-refractivity contribution in [3.8, 4) is 0 Å². The van der Waals surface area contributed by atoms with Crippen LogP contribution in [0.4, 0.5) is 0 Å². The van der Waals surface area contributed by atoms with E-state index < -0.39 is 0 Å². The fourth-order valence-corrected chi connectivity index (χ4v) is 1.53. The zero-order valence-electron chi connectivity index (χ0n) is 7.16. The average Bonchev–Trinajstić information content (AvgIpc) is 2.35. The highest BCUT2D eigenvalue weighted by atomic mass is 16.3. The summed E-state index contributed by atoms with van der Waals surface area (Å²) >= 11 is 0. The summed E-state index contributed by atoms with van der Waals surface area (Å²) in [6.07, 6.45) is 1.11. The molecule has 0 aromatic rings. The maximum atomic E-state index is 8.80. The molecule has 11 heavy (non-hydrogen) atoms. The minimum absolute atomic E-state index is 0.283. The highest BCUT2D eigenvalue weighted by Gasteiger charge is 2.19. The highest BCUT2D eigenvalue weighted by molar-refractivity contribution is 4.78. The first-order chi connectivity index (χ1) is 5.22. The highest BCUT2D eigenvalue weighted by Crippen LogP contribution is 2.08. The molecule has 1 rings (SSSR count). The standard InChI is InChI=1S/C8H18N2O/c1-7(6-11)4-10-3-2-8(9)5-10/h7-8,11H,2-6,9H2,1H3/t7?,8-/m1/s1. The maximum Gasteiger partial charge on any atom is 0.0468 e. The van der Waals surface area contributed by atoms with Crippen LogP contribution in [0.2, 0.25) is 0 Å². The lowest BCUT2D eigenvalue weighted by atomic mass is 10.2. The van der Waals surface area contributed by atoms with Crippen molar-refractivity contribution < 1.29 is 5.11 Å². The van der Waals surface area contributed by atoms with Crippen LogP contribution in [-0.2, 0) is 0 Å². The average molecular weight is 158 g/mol. The molecule has 1 unspecified atom stereocenters. The van der Waals surface area contributed by atoms with Gasteiger partial charge < -0.3 is 15.7 Å². The number of hydrogen-bond acceptors (Lipinski definition) is 3. The van der Waals surface area contributed by atoms with E-state index in [1.165, 1.54) is 0 Å². The van der Waals surface area contributed by atoms with Crippen LogP contribution in [0.15, 0.2) is 0 Å². The molecule has 1 aliphatic rings. The van der Waals surface area contributed by atoms with Gasteiger partial charge >= 0.3 is 0 Å². The Morgan fingerprint density at radius 3 is 2.91 bits per heavy atom. The van der Waals surface area contributed by atoms with Crippen LogP contribution in [0, 0.1) is 5.92 Å². The lowest BCUT2D eigenvalue weighted by molar-refractivity contribution is 0.190. The Morgan fingerprint density at radius 1 is 1.73 bits per heavy atom. The van der Waals surface area contributed by atoms with Crippen LogP contribution in [0.3, 0.4) is 0 Å². The molecule has 3 heteroatoms. The van der Waals surface area contributed by atoms with Crippen molar-refractivity contribution in [1.29, 1.82) is 0 Å². The van der Waals surface area contributed by atoms with Crippen molar-refractivity contribution in [2.75, 3.05) is 26.2 Å². The molecule has 1 fully saturated rings. The summed E-state index contributed by atoms with van der Waals surface area (Å²) in [5.74, 6) is 0.389. The van der Waals surface area contributed by atoms with E-state index in [1.807, 2.05) is 0 Å². The van der Waals surface area contributed by atoms with E-state index in [0.29, 0.717) is 12.0 Å². The first-order valence-electron chi connectivity index (χ1n) is 4.31. The monoisotopic (exact) mass is 158 g/mol. The summed E-state index contributed by atoms with van der Waals surface area (Å²) in [4.78, 5) is 2.32. The summed E-state index contributed by atoms with van der Waals surface area (Å²) in [6.45, 7) is 5.44. The molecule has 1 heterocycles. The summed E-state index contributed by atoms with van der Waals surface area (Å²) < 4.78 is 0. The van der Waals surface area contributed by atoms with Gasteiger partial charge in [-0.05, 0) is 18.9 Å². The quantitative estimate of drug-likeness (QED) is 0.590. The Bertz CT molecular complexity index is 119. The van der Waals surface area contributed by atoms with Crippen molar-refractivity contribution in [3.05, 3.63) is 0 Å². The van der Waals surface area contributed by atoms with E-state index in [-0.39, 0.29) is 6.61 Å². The van der Waals surface area contributed by atoms with Gasteiger partial charge in [-0.3, -0.25) is 0 Å². The molecule has 0 spiro atoms. The molecule has 0 aromatic heterocycles. The fraction of sp³-hybridized carbons (Fsp3) is 1.00. The zero-order valence-corrected chi connectivity index (χ0v) is 7.16. The van der Waals surface area contributed by atoms with Gasteiger partial charge in [0.1, 0.15) is 0 Å². The predicted molar refractivity (Wildman–Crippen MR) is 45.3 cm³/mol. The van der Waals surface area contributed by atoms with E-state index in [9.17, 15) is 0 Å². The van der Waals surface area contributed by atoms with Crippen molar-refractivity contribution in [2.24, 2.45) is 11.7 Å². The van der Waals surface area contributed by atoms with Crippen LogP contribution in [0.5, 0.6) is 0 Å². The van der Waals surface area contributed by atoms with Gasteiger partial charge in [-0.15, -0.1) is 0 Å². The molecule has 2 atom stereocenters. The van der Waals surface area contributed by atoms with Gasteiger partial charge in [0.05, 0.1) is 0 Å². The minimum Gasteiger partial charge on any atom is -0.396 e. The number of nitrogens with zero attached hydrogens (tertiary/aromatic N) is 1. The number of nitrogens with two attached hydrogens (primary N) is 1. The molecule has 0 bridgehead atoms. The van der Waals surface area contributed by atoms with Gasteiger partial charge in [-0.2, -0.15) is 0 Å². The second kappa shape index (κ2) is 4.04. The normalized spacial score (nSPS) is 29.2. The molecule has 0 radical (unpaired) electrons. The van der Waals surface area contributed by atoms with Gasteiger partial charge in [0.25, 0.3) is 0 Å². The lowest BCUT2D eigenvalue weighted by Crippen LogP contribution is -2.30. The molecular weight excluding hydrogens is 140 g/mol. The second-order valence-corrected chi connectivity index (χ2v) is 3.60. The number of hydrogen-bond donors (Lipinski definition) is 2. The Kier molecular flexibility index (Phi) is 3.30. The third-order valence-corrected chi connectivity index (χ3v) is 2.19. The third kappa shape index (κ3) is 2.77. The van der Waals surface area contributed by atoms with Crippen molar-refractivity contribution in [3.63, 3.8) is 0 Å². The first-order valence-corrected chi connectivity index (χ1v) is 4.31. The zero-order chi connectivity index (χ0) is 8.27. The van der Waals surface area contributed by atoms with E-state index in [4.69, 9.17) is 10.8 Å². The molecule has 66 valence electrons. The molecule has 3 N–H and O–H groups in total. The number of rotatable bonds is 3. The van der Waals surface area contributed by atoms with Gasteiger partial charge in [-0.25, -0.2) is 0 Å².